The Balaban J connectivity index is 1.76. The number of pyridine rings is 1. The number of hydrogen-bond acceptors (Lipinski definition) is 6. The second-order valence-corrected chi connectivity index (χ2v) is 5.12. The van der Waals surface area contributed by atoms with Crippen LogP contribution in [0.1, 0.15) is 0 Å². The maximum Gasteiger partial charge on any atom is 0.184 e. The third kappa shape index (κ3) is 2.58. The van der Waals surface area contributed by atoms with Gasteiger partial charge in [-0.15, -0.1) is 10.2 Å². The van der Waals surface area contributed by atoms with E-state index in [9.17, 15) is 0 Å². The lowest BCUT2D eigenvalue weighted by Gasteiger charge is -2.04. The van der Waals surface area contributed by atoms with E-state index in [1.54, 1.807) is 18.6 Å². The molecule has 4 aromatic rings. The predicted molar refractivity (Wildman–Crippen MR) is 90.5 cm³/mol. The molecule has 0 radical (unpaired) electrons. The lowest BCUT2D eigenvalue weighted by atomic mass is 10.2. The number of nitrogens with two attached hydrogens (primary N) is 1. The molecule has 4 rings (SSSR count). The van der Waals surface area contributed by atoms with Crippen LogP contribution in [0.25, 0.3) is 34.2 Å². The van der Waals surface area contributed by atoms with Crippen molar-refractivity contribution in [2.45, 2.75) is 0 Å². The molecule has 1 aromatic carbocycles. The molecule has 0 saturated heterocycles. The topological polar surface area (TPSA) is 106 Å². The summed E-state index contributed by atoms with van der Waals surface area (Å²) in [6.07, 6.45) is 5.04. The maximum atomic E-state index is 5.97. The van der Waals surface area contributed by atoms with E-state index in [4.69, 9.17) is 5.73 Å². The van der Waals surface area contributed by atoms with Crippen LogP contribution in [0.15, 0.2) is 61.1 Å². The van der Waals surface area contributed by atoms with E-state index < -0.39 is 0 Å². The number of aromatic amines is 1. The summed E-state index contributed by atoms with van der Waals surface area (Å²) in [5, 5.41) is 8.32. The Bertz CT molecular complexity index is 965. The van der Waals surface area contributed by atoms with Crippen LogP contribution in [-0.4, -0.2) is 30.1 Å². The first kappa shape index (κ1) is 14.0. The summed E-state index contributed by atoms with van der Waals surface area (Å²) in [6, 6.07) is 13.5. The molecule has 24 heavy (non-hydrogen) atoms. The van der Waals surface area contributed by atoms with Crippen LogP contribution in [0.4, 0.5) is 5.82 Å². The molecule has 0 atom stereocenters. The average molecular weight is 315 g/mol. The van der Waals surface area contributed by atoms with Crippen molar-refractivity contribution >= 4 is 5.82 Å². The minimum atomic E-state index is 0.290. The second kappa shape index (κ2) is 5.88. The first-order chi connectivity index (χ1) is 11.8. The van der Waals surface area contributed by atoms with E-state index in [0.717, 1.165) is 11.1 Å². The lowest BCUT2D eigenvalue weighted by molar-refractivity contribution is 1.08. The molecule has 0 unspecified atom stereocenters. The van der Waals surface area contributed by atoms with Crippen LogP contribution < -0.4 is 5.73 Å². The van der Waals surface area contributed by atoms with Gasteiger partial charge in [-0.2, -0.15) is 0 Å². The third-order valence-electron chi connectivity index (χ3n) is 3.52. The number of nitrogens with one attached hydrogen (secondary N) is 1. The zero-order valence-electron chi connectivity index (χ0n) is 12.6. The number of rotatable bonds is 3. The third-order valence-corrected chi connectivity index (χ3v) is 3.52. The van der Waals surface area contributed by atoms with E-state index in [2.05, 4.69) is 30.1 Å². The van der Waals surface area contributed by atoms with Crippen molar-refractivity contribution in [3.63, 3.8) is 0 Å². The van der Waals surface area contributed by atoms with Crippen LogP contribution in [0, 0.1) is 0 Å². The summed E-state index contributed by atoms with van der Waals surface area (Å²) in [6.45, 7) is 0. The minimum Gasteiger partial charge on any atom is -0.382 e. The van der Waals surface area contributed by atoms with E-state index in [1.165, 1.54) is 0 Å². The summed E-state index contributed by atoms with van der Waals surface area (Å²) in [5.41, 5.74) is 8.90. The van der Waals surface area contributed by atoms with Crippen LogP contribution in [-0.2, 0) is 0 Å². The molecule has 0 bridgehead atoms. The second-order valence-electron chi connectivity index (χ2n) is 5.12. The van der Waals surface area contributed by atoms with Gasteiger partial charge in [-0.05, 0) is 12.1 Å². The molecule has 3 heterocycles. The van der Waals surface area contributed by atoms with E-state index in [-0.39, 0.29) is 0 Å². The van der Waals surface area contributed by atoms with E-state index in [0.29, 0.717) is 28.9 Å². The fraction of sp³-hybridized carbons (Fsp3) is 0. The molecule has 0 aliphatic rings. The molecular formula is C17H13N7. The highest BCUT2D eigenvalue weighted by Crippen LogP contribution is 2.24. The largest absolute Gasteiger partial charge is 0.382 e. The normalized spacial score (nSPS) is 10.7. The van der Waals surface area contributed by atoms with Gasteiger partial charge in [0, 0.05) is 23.5 Å². The summed E-state index contributed by atoms with van der Waals surface area (Å²) in [4.78, 5) is 16.0. The quantitative estimate of drug-likeness (QED) is 0.602. The summed E-state index contributed by atoms with van der Waals surface area (Å²) in [5.74, 6) is 1.42. The Labute approximate surface area is 137 Å². The van der Waals surface area contributed by atoms with Crippen molar-refractivity contribution < 1.29 is 0 Å². The maximum absolute atomic E-state index is 5.97. The predicted octanol–water partition coefficient (Wildman–Crippen LogP) is 2.57. The highest BCUT2D eigenvalue weighted by atomic mass is 15.2. The number of benzene rings is 1. The van der Waals surface area contributed by atoms with Crippen molar-refractivity contribution in [2.75, 3.05) is 5.73 Å². The van der Waals surface area contributed by atoms with Crippen molar-refractivity contribution in [3.8, 4) is 34.2 Å². The number of hydrogen-bond donors (Lipinski definition) is 2. The number of anilines is 1. The SMILES string of the molecule is Nc1ncc(-c2cccnc2)nc1-c1nnc(-c2ccccc2)[nH]1. The van der Waals surface area contributed by atoms with Gasteiger partial charge in [-0.3, -0.25) is 4.98 Å². The van der Waals surface area contributed by atoms with E-state index >= 15 is 0 Å². The number of aromatic nitrogens is 6. The molecule has 0 saturated carbocycles. The van der Waals surface area contributed by atoms with E-state index in [1.807, 2.05) is 42.5 Å². The van der Waals surface area contributed by atoms with Crippen molar-refractivity contribution in [3.05, 3.63) is 61.1 Å². The minimum absolute atomic E-state index is 0.290. The molecule has 3 aromatic heterocycles. The smallest absolute Gasteiger partial charge is 0.184 e. The molecule has 7 nitrogen and oxygen atoms in total. The lowest BCUT2D eigenvalue weighted by Crippen LogP contribution is -2.00. The molecular weight excluding hydrogens is 302 g/mol. The Kier molecular flexibility index (Phi) is 3.43. The van der Waals surface area contributed by atoms with Crippen LogP contribution in [0.2, 0.25) is 0 Å². The Morgan fingerprint density at radius 1 is 0.833 bits per heavy atom. The first-order valence-electron chi connectivity index (χ1n) is 7.32. The van der Waals surface area contributed by atoms with Gasteiger partial charge in [0.15, 0.2) is 23.2 Å². The number of H-pyrrole nitrogens is 1. The van der Waals surface area contributed by atoms with Gasteiger partial charge >= 0.3 is 0 Å². The van der Waals surface area contributed by atoms with Gasteiger partial charge in [-0.25, -0.2) is 9.97 Å². The van der Waals surface area contributed by atoms with Gasteiger partial charge in [0.05, 0.1) is 11.9 Å². The number of nitrogen functional groups attached to an aromatic ring is 1. The fourth-order valence-corrected chi connectivity index (χ4v) is 2.32. The molecule has 0 aliphatic heterocycles. The molecule has 0 aliphatic carbocycles. The fourth-order valence-electron chi connectivity index (χ4n) is 2.32. The molecule has 3 N–H and O–H groups in total. The van der Waals surface area contributed by atoms with Crippen molar-refractivity contribution in [2.24, 2.45) is 0 Å². The summed E-state index contributed by atoms with van der Waals surface area (Å²) >= 11 is 0. The molecule has 116 valence electrons. The standard InChI is InChI=1S/C17H13N7/c18-15-14(21-13(10-20-15)12-7-4-8-19-9-12)17-22-16(23-24-17)11-5-2-1-3-6-11/h1-10H,(H2,18,20)(H,22,23,24). The molecule has 0 amide bonds. The average Bonchev–Trinajstić information content (AvgIpc) is 3.13. The number of nitrogens with zero attached hydrogens (tertiary/aromatic N) is 5. The first-order valence-corrected chi connectivity index (χ1v) is 7.32. The van der Waals surface area contributed by atoms with Crippen LogP contribution >= 0.6 is 0 Å². The zero-order chi connectivity index (χ0) is 16.4. The van der Waals surface area contributed by atoms with Gasteiger partial charge < -0.3 is 10.7 Å². The van der Waals surface area contributed by atoms with Crippen LogP contribution in [0.5, 0.6) is 0 Å². The van der Waals surface area contributed by atoms with Crippen LogP contribution in [0.3, 0.4) is 0 Å². The Hall–Kier alpha value is -3.61. The molecule has 7 heteroatoms. The van der Waals surface area contributed by atoms with Gasteiger partial charge in [0.25, 0.3) is 0 Å². The highest BCUT2D eigenvalue weighted by molar-refractivity contribution is 5.69. The monoisotopic (exact) mass is 315 g/mol. The summed E-state index contributed by atoms with van der Waals surface area (Å²) in [7, 11) is 0. The van der Waals surface area contributed by atoms with Gasteiger partial charge in [0.2, 0.25) is 0 Å². The van der Waals surface area contributed by atoms with Gasteiger partial charge in [-0.1, -0.05) is 30.3 Å². The van der Waals surface area contributed by atoms with Gasteiger partial charge in [0.1, 0.15) is 0 Å². The molecule has 0 spiro atoms. The zero-order valence-corrected chi connectivity index (χ0v) is 12.6. The Morgan fingerprint density at radius 2 is 1.62 bits per heavy atom. The van der Waals surface area contributed by atoms with Crippen molar-refractivity contribution in [1.82, 2.24) is 30.1 Å². The Morgan fingerprint density at radius 3 is 2.42 bits per heavy atom. The summed E-state index contributed by atoms with van der Waals surface area (Å²) < 4.78 is 0. The van der Waals surface area contributed by atoms with Crippen molar-refractivity contribution in [1.29, 1.82) is 0 Å². The molecule has 0 fully saturated rings. The highest BCUT2D eigenvalue weighted by Gasteiger charge is 2.14.